The summed E-state index contributed by atoms with van der Waals surface area (Å²) in [6, 6.07) is 76.1. The molecular weight excluding hydrogens is 727 g/mol. The van der Waals surface area contributed by atoms with Crippen LogP contribution < -0.4 is 0 Å². The van der Waals surface area contributed by atoms with E-state index < -0.39 is 0 Å². The second-order valence-electron chi connectivity index (χ2n) is 15.5. The fourth-order valence-electron chi connectivity index (χ4n) is 9.36. The molecule has 0 fully saturated rings. The Kier molecular flexibility index (Phi) is 7.85. The standard InChI is InChI=1S/C57H35N3/c1-3-17-36(18-4-1)55-58-56(37-19-5-2-6-20-37)60-57(59-55)40-31-32-49-52(35-40)54(51-34-39-22-8-10-24-42(39)44-26-12-14-28-46(44)51)48-30-16-15-29-47(48)53(49)50-33-38-21-7-9-23-41(38)43-25-11-13-27-45(43)50/h1-35H. The maximum absolute atomic E-state index is 5.20. The van der Waals surface area contributed by atoms with Crippen LogP contribution in [0.15, 0.2) is 212 Å². The van der Waals surface area contributed by atoms with Gasteiger partial charge < -0.3 is 0 Å². The van der Waals surface area contributed by atoms with Crippen molar-refractivity contribution in [1.29, 1.82) is 0 Å². The number of hydrogen-bond acceptors (Lipinski definition) is 3. The first-order valence-corrected chi connectivity index (χ1v) is 20.4. The first kappa shape index (κ1) is 34.1. The average Bonchev–Trinajstić information content (AvgIpc) is 3.33. The molecule has 0 saturated carbocycles. The second kappa shape index (κ2) is 13.8. The molecule has 60 heavy (non-hydrogen) atoms. The van der Waals surface area contributed by atoms with E-state index in [0.717, 1.165) is 22.1 Å². The Hall–Kier alpha value is -8.01. The van der Waals surface area contributed by atoms with Crippen LogP contribution in [0.25, 0.3) is 121 Å². The van der Waals surface area contributed by atoms with Crippen LogP contribution in [0.2, 0.25) is 0 Å². The molecule has 0 atom stereocenters. The minimum atomic E-state index is 0.629. The summed E-state index contributed by atoms with van der Waals surface area (Å²) >= 11 is 0. The highest BCUT2D eigenvalue weighted by molar-refractivity contribution is 6.28. The molecule has 12 rings (SSSR count). The third kappa shape index (κ3) is 5.48. The van der Waals surface area contributed by atoms with Gasteiger partial charge >= 0.3 is 0 Å². The summed E-state index contributed by atoms with van der Waals surface area (Å²) in [6.07, 6.45) is 0. The lowest BCUT2D eigenvalue weighted by atomic mass is 9.82. The summed E-state index contributed by atoms with van der Waals surface area (Å²) in [5.41, 5.74) is 7.63. The Bertz CT molecular complexity index is 3590. The van der Waals surface area contributed by atoms with Crippen molar-refractivity contribution in [3.05, 3.63) is 212 Å². The lowest BCUT2D eigenvalue weighted by Gasteiger charge is -2.21. The third-order valence-corrected chi connectivity index (χ3v) is 12.1. The fourth-order valence-corrected chi connectivity index (χ4v) is 9.36. The van der Waals surface area contributed by atoms with Gasteiger partial charge in [0, 0.05) is 16.7 Å². The highest BCUT2D eigenvalue weighted by Gasteiger charge is 2.22. The molecule has 0 N–H and O–H groups in total. The molecule has 12 aromatic rings. The van der Waals surface area contributed by atoms with Gasteiger partial charge in [0.25, 0.3) is 0 Å². The SMILES string of the molecule is c1ccc(-c2nc(-c3ccccc3)nc(-c3ccc4c(-c5cc6ccccc6c6ccccc56)c5ccccc5c(-c5cc6ccccc6c6ccccc56)c4c3)n2)cc1. The Morgan fingerprint density at radius 3 is 1.05 bits per heavy atom. The van der Waals surface area contributed by atoms with Gasteiger partial charge in [-0.3, -0.25) is 0 Å². The van der Waals surface area contributed by atoms with Gasteiger partial charge in [-0.25, -0.2) is 15.0 Å². The van der Waals surface area contributed by atoms with Crippen LogP contribution in [0.4, 0.5) is 0 Å². The van der Waals surface area contributed by atoms with Gasteiger partial charge in [0.15, 0.2) is 17.5 Å². The second-order valence-corrected chi connectivity index (χ2v) is 15.5. The molecule has 0 spiro atoms. The maximum atomic E-state index is 5.20. The van der Waals surface area contributed by atoms with Crippen molar-refractivity contribution in [1.82, 2.24) is 15.0 Å². The summed E-state index contributed by atoms with van der Waals surface area (Å²) in [6.45, 7) is 0. The van der Waals surface area contributed by atoms with Crippen LogP contribution in [0.5, 0.6) is 0 Å². The number of nitrogens with zero attached hydrogens (tertiary/aromatic N) is 3. The van der Waals surface area contributed by atoms with Gasteiger partial charge in [-0.15, -0.1) is 0 Å². The number of fused-ring (bicyclic) bond motifs is 8. The normalized spacial score (nSPS) is 11.7. The molecule has 3 nitrogen and oxygen atoms in total. The van der Waals surface area contributed by atoms with Crippen LogP contribution in [-0.4, -0.2) is 15.0 Å². The summed E-state index contributed by atoms with van der Waals surface area (Å²) in [5.74, 6) is 1.91. The lowest BCUT2D eigenvalue weighted by Crippen LogP contribution is -2.00. The molecule has 3 heteroatoms. The molecule has 1 heterocycles. The van der Waals surface area contributed by atoms with E-state index in [-0.39, 0.29) is 0 Å². The van der Waals surface area contributed by atoms with Crippen molar-refractivity contribution in [2.24, 2.45) is 0 Å². The van der Waals surface area contributed by atoms with Crippen molar-refractivity contribution in [2.75, 3.05) is 0 Å². The van der Waals surface area contributed by atoms with Gasteiger partial charge in [-0.1, -0.05) is 194 Å². The molecule has 0 radical (unpaired) electrons. The molecule has 0 aliphatic heterocycles. The maximum Gasteiger partial charge on any atom is 0.164 e. The number of benzene rings is 11. The van der Waals surface area contributed by atoms with Crippen molar-refractivity contribution >= 4 is 64.6 Å². The molecule has 0 aliphatic carbocycles. The molecule has 1 aromatic heterocycles. The summed E-state index contributed by atoms with van der Waals surface area (Å²) in [7, 11) is 0. The van der Waals surface area contributed by atoms with E-state index in [0.29, 0.717) is 17.5 Å². The van der Waals surface area contributed by atoms with Gasteiger partial charge in [0.05, 0.1) is 0 Å². The minimum absolute atomic E-state index is 0.629. The number of aromatic nitrogens is 3. The third-order valence-electron chi connectivity index (χ3n) is 12.1. The summed E-state index contributed by atoms with van der Waals surface area (Å²) in [4.78, 5) is 15.4. The van der Waals surface area contributed by atoms with Gasteiger partial charge in [-0.05, 0) is 105 Å². The predicted molar refractivity (Wildman–Crippen MR) is 252 cm³/mol. The number of rotatable bonds is 5. The molecule has 0 saturated heterocycles. The van der Waals surface area contributed by atoms with E-state index in [1.165, 1.54) is 81.5 Å². The van der Waals surface area contributed by atoms with E-state index in [9.17, 15) is 0 Å². The smallest absolute Gasteiger partial charge is 0.164 e. The van der Waals surface area contributed by atoms with Crippen LogP contribution in [0.1, 0.15) is 0 Å². The first-order chi connectivity index (χ1) is 29.8. The molecular formula is C57H35N3. The highest BCUT2D eigenvalue weighted by atomic mass is 15.0. The molecule has 0 bridgehead atoms. The van der Waals surface area contributed by atoms with Gasteiger partial charge in [0.2, 0.25) is 0 Å². The Labute approximate surface area is 346 Å². The largest absolute Gasteiger partial charge is 0.208 e. The van der Waals surface area contributed by atoms with Crippen molar-refractivity contribution in [3.63, 3.8) is 0 Å². The van der Waals surface area contributed by atoms with Crippen molar-refractivity contribution < 1.29 is 0 Å². The highest BCUT2D eigenvalue weighted by Crippen LogP contribution is 2.49. The summed E-state index contributed by atoms with van der Waals surface area (Å²) < 4.78 is 0. The average molecular weight is 762 g/mol. The topological polar surface area (TPSA) is 38.7 Å². The van der Waals surface area contributed by atoms with E-state index in [1.54, 1.807) is 0 Å². The molecule has 278 valence electrons. The zero-order valence-electron chi connectivity index (χ0n) is 32.5. The van der Waals surface area contributed by atoms with Crippen molar-refractivity contribution in [3.8, 4) is 56.4 Å². The molecule has 0 aliphatic rings. The molecule has 0 amide bonds. The monoisotopic (exact) mass is 761 g/mol. The van der Waals surface area contributed by atoms with E-state index in [4.69, 9.17) is 15.0 Å². The van der Waals surface area contributed by atoms with Crippen LogP contribution in [0, 0.1) is 0 Å². The van der Waals surface area contributed by atoms with Crippen LogP contribution in [0.3, 0.4) is 0 Å². The number of hydrogen-bond donors (Lipinski definition) is 0. The predicted octanol–water partition coefficient (Wildman–Crippen LogP) is 15.1. The zero-order chi connectivity index (χ0) is 39.6. The Morgan fingerprint density at radius 1 is 0.217 bits per heavy atom. The molecule has 11 aromatic carbocycles. The summed E-state index contributed by atoms with van der Waals surface area (Å²) in [5, 5.41) is 14.6. The quantitative estimate of drug-likeness (QED) is 0.129. The Morgan fingerprint density at radius 2 is 0.567 bits per heavy atom. The Balaban J connectivity index is 1.23. The van der Waals surface area contributed by atoms with E-state index >= 15 is 0 Å². The lowest BCUT2D eigenvalue weighted by molar-refractivity contribution is 1.07. The molecule has 0 unspecified atom stereocenters. The first-order valence-electron chi connectivity index (χ1n) is 20.4. The fraction of sp³-hybridized carbons (Fsp3) is 0. The zero-order valence-corrected chi connectivity index (χ0v) is 32.5. The van der Waals surface area contributed by atoms with E-state index in [2.05, 4.69) is 176 Å². The van der Waals surface area contributed by atoms with Crippen molar-refractivity contribution in [2.45, 2.75) is 0 Å². The van der Waals surface area contributed by atoms with Gasteiger partial charge in [-0.2, -0.15) is 0 Å². The van der Waals surface area contributed by atoms with Gasteiger partial charge in [0.1, 0.15) is 0 Å². The van der Waals surface area contributed by atoms with E-state index in [1.807, 2.05) is 36.4 Å². The van der Waals surface area contributed by atoms with Crippen LogP contribution >= 0.6 is 0 Å². The minimum Gasteiger partial charge on any atom is -0.208 e. The van der Waals surface area contributed by atoms with Crippen LogP contribution in [-0.2, 0) is 0 Å².